The van der Waals surface area contributed by atoms with E-state index in [1.165, 1.54) is 11.8 Å². The number of nitrogens with two attached hydrogens (primary N) is 1. The van der Waals surface area contributed by atoms with Gasteiger partial charge in [0.15, 0.2) is 0 Å². The van der Waals surface area contributed by atoms with Crippen molar-refractivity contribution in [1.29, 1.82) is 0 Å². The number of carbonyl (C=O) groups excluding carboxylic acids is 2. The number of para-hydroxylation sites is 1. The fourth-order valence-electron chi connectivity index (χ4n) is 3.07. The van der Waals surface area contributed by atoms with Crippen molar-refractivity contribution >= 4 is 17.5 Å². The first-order valence-corrected chi connectivity index (χ1v) is 8.21. The normalized spacial score (nSPS) is 16.7. The Morgan fingerprint density at radius 3 is 2.60 bits per heavy atom. The SMILES string of the molecule is NC(=O)c1cc(F)cc(C(=O)NCC2CCN(c3ccccc3)C2)c1. The van der Waals surface area contributed by atoms with Crippen LogP contribution in [0.2, 0.25) is 0 Å². The van der Waals surface area contributed by atoms with Crippen LogP contribution >= 0.6 is 0 Å². The summed E-state index contributed by atoms with van der Waals surface area (Å²) in [6.07, 6.45) is 0.977. The topological polar surface area (TPSA) is 75.4 Å². The Labute approximate surface area is 145 Å². The van der Waals surface area contributed by atoms with Crippen LogP contribution in [0.5, 0.6) is 0 Å². The van der Waals surface area contributed by atoms with Gasteiger partial charge in [0, 0.05) is 36.4 Å². The number of anilines is 1. The number of hydrogen-bond donors (Lipinski definition) is 2. The van der Waals surface area contributed by atoms with E-state index in [-0.39, 0.29) is 11.1 Å². The minimum atomic E-state index is -0.761. The summed E-state index contributed by atoms with van der Waals surface area (Å²) in [4.78, 5) is 25.7. The van der Waals surface area contributed by atoms with Gasteiger partial charge in [-0.3, -0.25) is 9.59 Å². The molecule has 0 aromatic heterocycles. The molecule has 2 aromatic rings. The molecule has 1 aliphatic rings. The maximum absolute atomic E-state index is 13.5. The van der Waals surface area contributed by atoms with Crippen molar-refractivity contribution in [2.45, 2.75) is 6.42 Å². The van der Waals surface area contributed by atoms with Gasteiger partial charge in [0.1, 0.15) is 5.82 Å². The van der Waals surface area contributed by atoms with Crippen molar-refractivity contribution in [1.82, 2.24) is 5.32 Å². The van der Waals surface area contributed by atoms with E-state index in [9.17, 15) is 14.0 Å². The second-order valence-electron chi connectivity index (χ2n) is 6.24. The molecule has 0 aliphatic carbocycles. The lowest BCUT2D eigenvalue weighted by Crippen LogP contribution is -2.31. The highest BCUT2D eigenvalue weighted by molar-refractivity contribution is 5.99. The molecule has 0 spiro atoms. The smallest absolute Gasteiger partial charge is 0.251 e. The molecular formula is C19H20FN3O2. The quantitative estimate of drug-likeness (QED) is 0.875. The fourth-order valence-corrected chi connectivity index (χ4v) is 3.07. The average molecular weight is 341 g/mol. The van der Waals surface area contributed by atoms with E-state index in [1.807, 2.05) is 18.2 Å². The first-order valence-electron chi connectivity index (χ1n) is 8.21. The maximum Gasteiger partial charge on any atom is 0.251 e. The summed E-state index contributed by atoms with van der Waals surface area (Å²) in [7, 11) is 0. The van der Waals surface area contributed by atoms with Gasteiger partial charge in [-0.2, -0.15) is 0 Å². The number of halogens is 1. The van der Waals surface area contributed by atoms with Crippen molar-refractivity contribution in [3.8, 4) is 0 Å². The Balaban J connectivity index is 1.57. The van der Waals surface area contributed by atoms with Crippen molar-refractivity contribution < 1.29 is 14.0 Å². The lowest BCUT2D eigenvalue weighted by molar-refractivity contribution is 0.0948. The number of benzene rings is 2. The van der Waals surface area contributed by atoms with Crippen molar-refractivity contribution in [3.63, 3.8) is 0 Å². The molecule has 1 unspecified atom stereocenters. The van der Waals surface area contributed by atoms with E-state index < -0.39 is 17.6 Å². The van der Waals surface area contributed by atoms with E-state index >= 15 is 0 Å². The van der Waals surface area contributed by atoms with Crippen LogP contribution in [0.15, 0.2) is 48.5 Å². The monoisotopic (exact) mass is 341 g/mol. The number of carbonyl (C=O) groups is 2. The summed E-state index contributed by atoms with van der Waals surface area (Å²) >= 11 is 0. The third kappa shape index (κ3) is 4.15. The second-order valence-corrected chi connectivity index (χ2v) is 6.24. The minimum absolute atomic E-state index is 0.0127. The number of primary amides is 1. The molecular weight excluding hydrogens is 321 g/mol. The Kier molecular flexibility index (Phi) is 4.97. The highest BCUT2D eigenvalue weighted by Crippen LogP contribution is 2.23. The predicted octanol–water partition coefficient (Wildman–Crippen LogP) is 2.18. The third-order valence-corrected chi connectivity index (χ3v) is 4.40. The first kappa shape index (κ1) is 17.0. The molecule has 3 N–H and O–H groups in total. The van der Waals surface area contributed by atoms with Gasteiger partial charge >= 0.3 is 0 Å². The van der Waals surface area contributed by atoms with Gasteiger partial charge in [-0.15, -0.1) is 0 Å². The summed E-state index contributed by atoms with van der Waals surface area (Å²) in [5, 5.41) is 2.82. The van der Waals surface area contributed by atoms with Crippen LogP contribution in [0.4, 0.5) is 10.1 Å². The fraction of sp³-hybridized carbons (Fsp3) is 0.263. The zero-order valence-corrected chi connectivity index (χ0v) is 13.7. The highest BCUT2D eigenvalue weighted by Gasteiger charge is 2.23. The standard InChI is InChI=1S/C19H20FN3O2/c20-16-9-14(18(21)24)8-15(10-16)19(25)22-11-13-6-7-23(12-13)17-4-2-1-3-5-17/h1-5,8-10,13H,6-7,11-12H2,(H2,21,24)(H,22,25). The number of amides is 2. The molecule has 1 aliphatic heterocycles. The number of nitrogens with one attached hydrogen (secondary N) is 1. The molecule has 0 radical (unpaired) electrons. The molecule has 130 valence electrons. The van der Waals surface area contributed by atoms with Crippen LogP contribution in [0.25, 0.3) is 0 Å². The van der Waals surface area contributed by atoms with E-state index in [1.54, 1.807) is 0 Å². The zero-order chi connectivity index (χ0) is 17.8. The van der Waals surface area contributed by atoms with Crippen LogP contribution in [-0.4, -0.2) is 31.4 Å². The van der Waals surface area contributed by atoms with Gasteiger partial charge in [-0.25, -0.2) is 4.39 Å². The Hall–Kier alpha value is -2.89. The number of rotatable bonds is 5. The summed E-state index contributed by atoms with van der Waals surface area (Å²) < 4.78 is 13.5. The molecule has 1 saturated heterocycles. The van der Waals surface area contributed by atoms with E-state index in [0.717, 1.165) is 31.6 Å². The maximum atomic E-state index is 13.5. The van der Waals surface area contributed by atoms with Gasteiger partial charge in [0.05, 0.1) is 0 Å². The van der Waals surface area contributed by atoms with Gasteiger partial charge in [-0.05, 0) is 42.7 Å². The van der Waals surface area contributed by atoms with Crippen LogP contribution in [0.3, 0.4) is 0 Å². The Bertz CT molecular complexity index is 779. The molecule has 1 atom stereocenters. The van der Waals surface area contributed by atoms with Crippen molar-refractivity contribution in [2.75, 3.05) is 24.5 Å². The van der Waals surface area contributed by atoms with E-state index in [4.69, 9.17) is 5.73 Å². The van der Waals surface area contributed by atoms with Crippen molar-refractivity contribution in [3.05, 3.63) is 65.5 Å². The Morgan fingerprint density at radius 1 is 1.16 bits per heavy atom. The van der Waals surface area contributed by atoms with E-state index in [2.05, 4.69) is 22.3 Å². The van der Waals surface area contributed by atoms with Gasteiger partial charge < -0.3 is 16.0 Å². The van der Waals surface area contributed by atoms with Crippen LogP contribution in [-0.2, 0) is 0 Å². The summed E-state index contributed by atoms with van der Waals surface area (Å²) in [6.45, 7) is 2.31. The predicted molar refractivity (Wildman–Crippen MR) is 94.0 cm³/mol. The summed E-state index contributed by atoms with van der Waals surface area (Å²) in [6, 6.07) is 13.6. The highest BCUT2D eigenvalue weighted by atomic mass is 19.1. The molecule has 3 rings (SSSR count). The Morgan fingerprint density at radius 2 is 1.88 bits per heavy atom. The number of hydrogen-bond acceptors (Lipinski definition) is 3. The van der Waals surface area contributed by atoms with Crippen molar-refractivity contribution in [2.24, 2.45) is 11.7 Å². The lowest BCUT2D eigenvalue weighted by atomic mass is 10.1. The van der Waals surface area contributed by atoms with Crippen LogP contribution in [0.1, 0.15) is 27.1 Å². The molecule has 1 fully saturated rings. The molecule has 5 nitrogen and oxygen atoms in total. The van der Waals surface area contributed by atoms with Gasteiger partial charge in [-0.1, -0.05) is 18.2 Å². The average Bonchev–Trinajstić information content (AvgIpc) is 3.09. The van der Waals surface area contributed by atoms with Crippen LogP contribution < -0.4 is 16.0 Å². The second kappa shape index (κ2) is 7.34. The molecule has 1 heterocycles. The minimum Gasteiger partial charge on any atom is -0.371 e. The number of nitrogens with zero attached hydrogens (tertiary/aromatic N) is 1. The molecule has 0 saturated carbocycles. The van der Waals surface area contributed by atoms with Gasteiger partial charge in [0.2, 0.25) is 5.91 Å². The third-order valence-electron chi connectivity index (χ3n) is 4.40. The lowest BCUT2D eigenvalue weighted by Gasteiger charge is -2.18. The molecule has 2 aromatic carbocycles. The summed E-state index contributed by atoms with van der Waals surface area (Å²) in [5.41, 5.74) is 6.42. The zero-order valence-electron chi connectivity index (χ0n) is 13.7. The largest absolute Gasteiger partial charge is 0.371 e. The van der Waals surface area contributed by atoms with E-state index in [0.29, 0.717) is 12.5 Å². The molecule has 0 bridgehead atoms. The molecule has 6 heteroatoms. The van der Waals surface area contributed by atoms with Gasteiger partial charge in [0.25, 0.3) is 5.91 Å². The van der Waals surface area contributed by atoms with Crippen LogP contribution in [0, 0.1) is 11.7 Å². The summed E-state index contributed by atoms with van der Waals surface area (Å²) in [5.74, 6) is -1.49. The molecule has 25 heavy (non-hydrogen) atoms. The molecule has 2 amide bonds. The first-order chi connectivity index (χ1) is 12.0.